The van der Waals surface area contributed by atoms with Gasteiger partial charge in [-0.2, -0.15) is 0 Å². The molecule has 1 fully saturated rings. The summed E-state index contributed by atoms with van der Waals surface area (Å²) in [6.45, 7) is 10.2. The molecule has 0 aromatic carbocycles. The van der Waals surface area contributed by atoms with Crippen LogP contribution in [0.4, 0.5) is 0 Å². The summed E-state index contributed by atoms with van der Waals surface area (Å²) in [7, 11) is 1.84. The molecule has 0 aliphatic heterocycles. The van der Waals surface area contributed by atoms with Gasteiger partial charge in [0.05, 0.1) is 0 Å². The summed E-state index contributed by atoms with van der Waals surface area (Å²) < 4.78 is 5.33. The highest BCUT2D eigenvalue weighted by Gasteiger charge is 2.37. The van der Waals surface area contributed by atoms with Gasteiger partial charge in [0.25, 0.3) is 0 Å². The Bertz CT molecular complexity index is 291. The van der Waals surface area contributed by atoms with E-state index in [1.807, 2.05) is 14.0 Å². The fourth-order valence-electron chi connectivity index (χ4n) is 3.01. The second-order valence-corrected chi connectivity index (χ2v) is 6.35. The number of aliphatic imine (C=N–C) groups is 1. The molecule has 1 rings (SSSR count). The molecule has 21 heavy (non-hydrogen) atoms. The van der Waals surface area contributed by atoms with Crippen LogP contribution in [0.2, 0.25) is 0 Å². The quantitative estimate of drug-likeness (QED) is 0.265. The number of hydrogen-bond donors (Lipinski definition) is 2. The number of halogens is 1. The van der Waals surface area contributed by atoms with E-state index in [1.54, 1.807) is 0 Å². The average molecular weight is 411 g/mol. The number of ether oxygens (including phenoxy) is 1. The van der Waals surface area contributed by atoms with Crippen LogP contribution in [-0.4, -0.2) is 39.3 Å². The molecular weight excluding hydrogens is 377 g/mol. The van der Waals surface area contributed by atoms with E-state index in [9.17, 15) is 0 Å². The van der Waals surface area contributed by atoms with E-state index < -0.39 is 0 Å². The molecular formula is C16H34IN3O. The Morgan fingerprint density at radius 3 is 2.48 bits per heavy atom. The zero-order valence-electron chi connectivity index (χ0n) is 14.2. The van der Waals surface area contributed by atoms with Crippen molar-refractivity contribution in [1.82, 2.24) is 10.6 Å². The van der Waals surface area contributed by atoms with Gasteiger partial charge in [-0.25, -0.2) is 0 Å². The van der Waals surface area contributed by atoms with E-state index in [4.69, 9.17) is 4.74 Å². The first-order valence-electron chi connectivity index (χ1n) is 8.14. The molecule has 0 bridgehead atoms. The number of nitrogens with one attached hydrogen (secondary N) is 2. The van der Waals surface area contributed by atoms with E-state index in [-0.39, 0.29) is 24.0 Å². The summed E-state index contributed by atoms with van der Waals surface area (Å²) in [5.41, 5.74) is 0.511. The lowest BCUT2D eigenvalue weighted by Crippen LogP contribution is -2.47. The van der Waals surface area contributed by atoms with Gasteiger partial charge in [0.15, 0.2) is 5.96 Å². The number of hydrogen-bond acceptors (Lipinski definition) is 2. The monoisotopic (exact) mass is 411 g/mol. The maximum Gasteiger partial charge on any atom is 0.190 e. The van der Waals surface area contributed by atoms with Crippen LogP contribution in [0.25, 0.3) is 0 Å². The minimum atomic E-state index is 0. The fourth-order valence-corrected chi connectivity index (χ4v) is 3.01. The summed E-state index contributed by atoms with van der Waals surface area (Å²) in [5.74, 6) is 1.70. The first kappa shape index (κ1) is 21.0. The molecule has 2 N–H and O–H groups in total. The first-order chi connectivity index (χ1) is 9.62. The molecule has 1 aliphatic carbocycles. The molecule has 0 saturated heterocycles. The van der Waals surface area contributed by atoms with Crippen molar-refractivity contribution in [2.24, 2.45) is 16.3 Å². The van der Waals surface area contributed by atoms with E-state index in [2.05, 4.69) is 29.5 Å². The molecule has 5 heteroatoms. The maximum absolute atomic E-state index is 5.33. The minimum Gasteiger partial charge on any atom is -0.382 e. The number of rotatable bonds is 9. The molecule has 1 aliphatic rings. The summed E-state index contributed by atoms with van der Waals surface area (Å²) in [4.78, 5) is 4.30. The van der Waals surface area contributed by atoms with Crippen molar-refractivity contribution >= 4 is 29.9 Å². The molecule has 0 heterocycles. The van der Waals surface area contributed by atoms with Crippen LogP contribution in [0.3, 0.4) is 0 Å². The minimum absolute atomic E-state index is 0. The molecule has 126 valence electrons. The lowest BCUT2D eigenvalue weighted by Gasteiger charge is -2.43. The van der Waals surface area contributed by atoms with Crippen LogP contribution >= 0.6 is 24.0 Å². The molecule has 0 aromatic heterocycles. The SMILES string of the molecule is CCOCCCNC(=NC)NCC1(CC(C)C)CCC1.I. The molecule has 1 saturated carbocycles. The topological polar surface area (TPSA) is 45.6 Å². The Hall–Kier alpha value is -0.0400. The van der Waals surface area contributed by atoms with Crippen LogP contribution in [0.1, 0.15) is 52.9 Å². The summed E-state index contributed by atoms with van der Waals surface area (Å²) >= 11 is 0. The van der Waals surface area contributed by atoms with Gasteiger partial charge in [-0.1, -0.05) is 20.3 Å². The van der Waals surface area contributed by atoms with Crippen molar-refractivity contribution in [2.75, 3.05) is 33.4 Å². The summed E-state index contributed by atoms with van der Waals surface area (Å²) in [6.07, 6.45) is 6.45. The van der Waals surface area contributed by atoms with Crippen LogP contribution in [0.15, 0.2) is 4.99 Å². The van der Waals surface area contributed by atoms with Gasteiger partial charge in [0.2, 0.25) is 0 Å². The standard InChI is InChI=1S/C16H33N3O.HI/c1-5-20-11-7-10-18-15(17-4)19-13-16(8-6-9-16)12-14(2)3;/h14H,5-13H2,1-4H3,(H2,17,18,19);1H. The van der Waals surface area contributed by atoms with E-state index >= 15 is 0 Å². The fraction of sp³-hybridized carbons (Fsp3) is 0.938. The molecule has 0 aromatic rings. The van der Waals surface area contributed by atoms with Crippen molar-refractivity contribution < 1.29 is 4.74 Å². The van der Waals surface area contributed by atoms with Crippen molar-refractivity contribution in [1.29, 1.82) is 0 Å². The third-order valence-corrected chi connectivity index (χ3v) is 4.07. The summed E-state index contributed by atoms with van der Waals surface area (Å²) in [5, 5.41) is 6.87. The van der Waals surface area contributed by atoms with E-state index in [0.29, 0.717) is 5.41 Å². The van der Waals surface area contributed by atoms with E-state index in [0.717, 1.165) is 44.6 Å². The predicted molar refractivity (Wildman–Crippen MR) is 102 cm³/mol. The Morgan fingerprint density at radius 2 is 2.00 bits per heavy atom. The number of guanidine groups is 1. The smallest absolute Gasteiger partial charge is 0.190 e. The first-order valence-corrected chi connectivity index (χ1v) is 8.14. The van der Waals surface area contributed by atoms with Crippen LogP contribution in [0.5, 0.6) is 0 Å². The van der Waals surface area contributed by atoms with Gasteiger partial charge in [0.1, 0.15) is 0 Å². The highest BCUT2D eigenvalue weighted by Crippen LogP contribution is 2.45. The van der Waals surface area contributed by atoms with Crippen LogP contribution < -0.4 is 10.6 Å². The maximum atomic E-state index is 5.33. The van der Waals surface area contributed by atoms with Gasteiger partial charge in [-0.15, -0.1) is 24.0 Å². The van der Waals surface area contributed by atoms with E-state index in [1.165, 1.54) is 25.7 Å². The molecule has 4 nitrogen and oxygen atoms in total. The van der Waals surface area contributed by atoms with Gasteiger partial charge in [-0.05, 0) is 43.9 Å². The largest absolute Gasteiger partial charge is 0.382 e. The van der Waals surface area contributed by atoms with Crippen molar-refractivity contribution in [3.8, 4) is 0 Å². The molecule has 0 radical (unpaired) electrons. The molecule has 0 amide bonds. The third kappa shape index (κ3) is 8.24. The van der Waals surface area contributed by atoms with Crippen molar-refractivity contribution in [3.63, 3.8) is 0 Å². The molecule has 0 spiro atoms. The lowest BCUT2D eigenvalue weighted by molar-refractivity contribution is 0.104. The second kappa shape index (κ2) is 11.5. The average Bonchev–Trinajstić information content (AvgIpc) is 2.38. The Labute approximate surface area is 147 Å². The van der Waals surface area contributed by atoms with Gasteiger partial charge < -0.3 is 15.4 Å². The van der Waals surface area contributed by atoms with Crippen molar-refractivity contribution in [2.45, 2.75) is 52.9 Å². The summed E-state index contributed by atoms with van der Waals surface area (Å²) in [6, 6.07) is 0. The predicted octanol–water partition coefficient (Wildman–Crippen LogP) is 3.41. The van der Waals surface area contributed by atoms with Crippen LogP contribution in [-0.2, 0) is 4.74 Å². The zero-order chi connectivity index (χ0) is 14.8. The Morgan fingerprint density at radius 1 is 1.29 bits per heavy atom. The molecule has 0 atom stereocenters. The second-order valence-electron chi connectivity index (χ2n) is 6.35. The number of nitrogens with zero attached hydrogens (tertiary/aromatic N) is 1. The van der Waals surface area contributed by atoms with Gasteiger partial charge in [-0.3, -0.25) is 4.99 Å². The zero-order valence-corrected chi connectivity index (χ0v) is 16.5. The Balaban J connectivity index is 0.00000400. The van der Waals surface area contributed by atoms with Gasteiger partial charge >= 0.3 is 0 Å². The lowest BCUT2D eigenvalue weighted by atomic mass is 9.64. The third-order valence-electron chi connectivity index (χ3n) is 4.07. The Kier molecular flexibility index (Phi) is 11.5. The molecule has 0 unspecified atom stereocenters. The normalized spacial score (nSPS) is 17.1. The van der Waals surface area contributed by atoms with Gasteiger partial charge in [0, 0.05) is 33.4 Å². The van der Waals surface area contributed by atoms with Crippen molar-refractivity contribution in [3.05, 3.63) is 0 Å². The highest BCUT2D eigenvalue weighted by molar-refractivity contribution is 14.0. The highest BCUT2D eigenvalue weighted by atomic mass is 127. The van der Waals surface area contributed by atoms with Crippen LogP contribution in [0, 0.1) is 11.3 Å².